The van der Waals surface area contributed by atoms with Crippen molar-refractivity contribution < 1.29 is 17.9 Å². The number of aromatic nitrogens is 2. The zero-order chi connectivity index (χ0) is 16.2. The van der Waals surface area contributed by atoms with Crippen LogP contribution in [0.25, 0.3) is 0 Å². The quantitative estimate of drug-likeness (QED) is 0.774. The summed E-state index contributed by atoms with van der Waals surface area (Å²) in [5, 5.41) is 4.33. The van der Waals surface area contributed by atoms with Crippen LogP contribution < -0.4 is 4.72 Å². The number of sulfonamides is 1. The van der Waals surface area contributed by atoms with Crippen molar-refractivity contribution >= 4 is 21.7 Å². The molecule has 8 heteroatoms. The molecule has 0 atom stereocenters. The molecule has 1 heterocycles. The predicted molar refractivity (Wildman–Crippen MR) is 80.7 cm³/mol. The van der Waals surface area contributed by atoms with Crippen molar-refractivity contribution in [1.29, 1.82) is 0 Å². The van der Waals surface area contributed by atoms with E-state index in [0.29, 0.717) is 11.4 Å². The molecule has 1 aromatic heterocycles. The van der Waals surface area contributed by atoms with Gasteiger partial charge in [0.1, 0.15) is 0 Å². The number of aryl methyl sites for hydroxylation is 1. The molecule has 0 amide bonds. The van der Waals surface area contributed by atoms with Gasteiger partial charge in [0.25, 0.3) is 0 Å². The van der Waals surface area contributed by atoms with Crippen LogP contribution in [0.5, 0.6) is 0 Å². The molecule has 0 aliphatic rings. The number of nitrogens with one attached hydrogen (secondary N) is 1. The molecule has 0 aromatic carbocycles. The van der Waals surface area contributed by atoms with Crippen molar-refractivity contribution in [2.24, 2.45) is 0 Å². The largest absolute Gasteiger partial charge is 0.469 e. The topological polar surface area (TPSA) is 90.3 Å². The third-order valence-corrected chi connectivity index (χ3v) is 4.43. The first-order valence-electron chi connectivity index (χ1n) is 6.81. The Bertz CT molecular complexity index is 605. The highest BCUT2D eigenvalue weighted by Gasteiger charge is 2.19. The van der Waals surface area contributed by atoms with Gasteiger partial charge in [0.05, 0.1) is 29.9 Å². The number of ether oxygens (including phenoxy) is 1. The zero-order valence-electron chi connectivity index (χ0n) is 13.1. The van der Waals surface area contributed by atoms with E-state index in [-0.39, 0.29) is 24.6 Å². The van der Waals surface area contributed by atoms with Gasteiger partial charge in [-0.1, -0.05) is 0 Å². The fourth-order valence-corrected chi connectivity index (χ4v) is 3.26. The zero-order valence-corrected chi connectivity index (χ0v) is 14.0. The summed E-state index contributed by atoms with van der Waals surface area (Å²) in [5.74, 6) is -0.543. The van der Waals surface area contributed by atoms with Crippen molar-refractivity contribution in [3.63, 3.8) is 0 Å². The van der Waals surface area contributed by atoms with Crippen molar-refractivity contribution in [1.82, 2.24) is 9.78 Å². The fraction of sp³-hybridized carbons (Fsp3) is 0.692. The minimum atomic E-state index is -3.51. The Kier molecular flexibility index (Phi) is 5.77. The lowest BCUT2D eigenvalue weighted by Crippen LogP contribution is -2.18. The third-order valence-electron chi connectivity index (χ3n) is 3.09. The molecule has 0 unspecified atom stereocenters. The van der Waals surface area contributed by atoms with Crippen LogP contribution in [0.4, 0.5) is 5.69 Å². The number of rotatable bonds is 7. The number of hydrogen-bond donors (Lipinski definition) is 1. The highest BCUT2D eigenvalue weighted by molar-refractivity contribution is 7.92. The molecule has 0 bridgehead atoms. The number of carbonyl (C=O) groups is 1. The Morgan fingerprint density at radius 2 is 2.00 bits per heavy atom. The molecule has 0 aliphatic heterocycles. The van der Waals surface area contributed by atoms with Crippen LogP contribution in [-0.2, 0) is 19.6 Å². The van der Waals surface area contributed by atoms with Crippen LogP contribution in [0.1, 0.15) is 44.1 Å². The van der Waals surface area contributed by atoms with Crippen LogP contribution in [0.3, 0.4) is 0 Å². The van der Waals surface area contributed by atoms with Crippen LogP contribution >= 0.6 is 0 Å². The van der Waals surface area contributed by atoms with Crippen LogP contribution in [0.2, 0.25) is 0 Å². The predicted octanol–water partition coefficient (Wildman–Crippen LogP) is 1.78. The van der Waals surface area contributed by atoms with Crippen molar-refractivity contribution in [2.75, 3.05) is 17.6 Å². The summed E-state index contributed by atoms with van der Waals surface area (Å²) in [6, 6.07) is 0.154. The van der Waals surface area contributed by atoms with Crippen molar-refractivity contribution in [2.45, 2.75) is 46.6 Å². The van der Waals surface area contributed by atoms with E-state index in [0.717, 1.165) is 5.69 Å². The van der Waals surface area contributed by atoms with E-state index >= 15 is 0 Å². The monoisotopic (exact) mass is 317 g/mol. The van der Waals surface area contributed by atoms with E-state index in [1.54, 1.807) is 11.6 Å². The van der Waals surface area contributed by atoms with Crippen LogP contribution in [0, 0.1) is 13.8 Å². The van der Waals surface area contributed by atoms with Gasteiger partial charge in [0.15, 0.2) is 0 Å². The molecule has 21 heavy (non-hydrogen) atoms. The van der Waals surface area contributed by atoms with Crippen LogP contribution in [0.15, 0.2) is 0 Å². The number of nitrogens with zero attached hydrogens (tertiary/aromatic N) is 2. The summed E-state index contributed by atoms with van der Waals surface area (Å²) in [6.07, 6.45) is 0.305. The number of carbonyl (C=O) groups excluding carboxylic acids is 1. The minimum absolute atomic E-state index is 0.0840. The Morgan fingerprint density at radius 1 is 1.38 bits per heavy atom. The normalized spacial score (nSPS) is 11.7. The second kappa shape index (κ2) is 6.93. The maximum Gasteiger partial charge on any atom is 0.305 e. The standard InChI is InChI=1S/C13H23N3O4S/c1-9(2)16-11(4)13(10(3)14-16)15-21(18,19)8-6-7-12(17)20-5/h9,15H,6-8H2,1-5H3. The maximum absolute atomic E-state index is 12.1. The molecule has 0 fully saturated rings. The van der Waals surface area contributed by atoms with Crippen LogP contribution in [-0.4, -0.2) is 37.0 Å². The summed E-state index contributed by atoms with van der Waals surface area (Å²) in [7, 11) is -2.23. The van der Waals surface area contributed by atoms with Crippen molar-refractivity contribution in [3.8, 4) is 0 Å². The van der Waals surface area contributed by atoms with Gasteiger partial charge >= 0.3 is 5.97 Å². The first-order chi connectivity index (χ1) is 9.68. The summed E-state index contributed by atoms with van der Waals surface area (Å²) < 4.78 is 32.9. The molecular weight excluding hydrogens is 294 g/mol. The Labute approximate surface area is 125 Å². The van der Waals surface area contributed by atoms with Gasteiger partial charge in [-0.05, 0) is 34.1 Å². The first kappa shape index (κ1) is 17.5. The third kappa shape index (κ3) is 4.73. The summed E-state index contributed by atoms with van der Waals surface area (Å²) >= 11 is 0. The van der Waals surface area contributed by atoms with Gasteiger partial charge < -0.3 is 4.74 Å². The molecule has 0 radical (unpaired) electrons. The Hall–Kier alpha value is -1.57. The lowest BCUT2D eigenvalue weighted by atomic mass is 10.3. The second-order valence-electron chi connectivity index (χ2n) is 5.18. The number of anilines is 1. The Morgan fingerprint density at radius 3 is 2.48 bits per heavy atom. The minimum Gasteiger partial charge on any atom is -0.469 e. The second-order valence-corrected chi connectivity index (χ2v) is 7.03. The van der Waals surface area contributed by atoms with E-state index in [1.807, 2.05) is 20.8 Å². The van der Waals surface area contributed by atoms with Gasteiger partial charge in [0.2, 0.25) is 10.0 Å². The van der Waals surface area contributed by atoms with Gasteiger partial charge in [-0.2, -0.15) is 5.10 Å². The average molecular weight is 317 g/mol. The number of methoxy groups -OCH3 is 1. The lowest BCUT2D eigenvalue weighted by Gasteiger charge is -2.10. The summed E-state index contributed by atoms with van der Waals surface area (Å²) in [6.45, 7) is 7.55. The van der Waals surface area contributed by atoms with Gasteiger partial charge in [-0.3, -0.25) is 14.2 Å². The lowest BCUT2D eigenvalue weighted by molar-refractivity contribution is -0.140. The maximum atomic E-state index is 12.1. The highest BCUT2D eigenvalue weighted by atomic mass is 32.2. The van der Waals surface area contributed by atoms with Gasteiger partial charge in [-0.25, -0.2) is 8.42 Å². The number of hydrogen-bond acceptors (Lipinski definition) is 5. The molecule has 1 rings (SSSR count). The number of esters is 1. The van der Waals surface area contributed by atoms with Crippen molar-refractivity contribution in [3.05, 3.63) is 11.4 Å². The van der Waals surface area contributed by atoms with Gasteiger partial charge in [-0.15, -0.1) is 0 Å². The van der Waals surface area contributed by atoms with E-state index in [9.17, 15) is 13.2 Å². The summed E-state index contributed by atoms with van der Waals surface area (Å²) in [5.41, 5.74) is 1.93. The molecule has 0 spiro atoms. The smallest absolute Gasteiger partial charge is 0.305 e. The highest BCUT2D eigenvalue weighted by Crippen LogP contribution is 2.23. The molecule has 7 nitrogen and oxygen atoms in total. The molecule has 1 N–H and O–H groups in total. The van der Waals surface area contributed by atoms with E-state index in [1.165, 1.54) is 7.11 Å². The molecule has 0 saturated carbocycles. The van der Waals surface area contributed by atoms with E-state index in [4.69, 9.17) is 0 Å². The van der Waals surface area contributed by atoms with E-state index in [2.05, 4.69) is 14.6 Å². The Balaban J connectivity index is 2.78. The molecule has 0 aliphatic carbocycles. The average Bonchev–Trinajstić information content (AvgIpc) is 2.66. The molecule has 120 valence electrons. The molecular formula is C13H23N3O4S. The molecule has 0 saturated heterocycles. The van der Waals surface area contributed by atoms with Gasteiger partial charge in [0, 0.05) is 12.5 Å². The summed E-state index contributed by atoms with van der Waals surface area (Å²) in [4.78, 5) is 11.0. The fourth-order valence-electron chi connectivity index (χ4n) is 2.03. The molecule has 1 aromatic rings. The SMILES string of the molecule is COC(=O)CCCS(=O)(=O)Nc1c(C)nn(C(C)C)c1C. The first-order valence-corrected chi connectivity index (χ1v) is 8.46. The van der Waals surface area contributed by atoms with E-state index < -0.39 is 16.0 Å².